The van der Waals surface area contributed by atoms with Gasteiger partial charge < -0.3 is 10.9 Å². The summed E-state index contributed by atoms with van der Waals surface area (Å²) in [5, 5.41) is 17.0. The van der Waals surface area contributed by atoms with Gasteiger partial charge in [0.25, 0.3) is 10.0 Å². The first kappa shape index (κ1) is 12.5. The van der Waals surface area contributed by atoms with Crippen LogP contribution in [0.15, 0.2) is 22.4 Å². The third kappa shape index (κ3) is 2.49. The standard InChI is InChI=1S/C7H13N5O3S/c1-2-12(5-6(8)11-13)16(14,15)7-3-4-9-10-7/h3-4,13H,2,5H2,1H3,(H2,8,11)(H,9,10). The van der Waals surface area contributed by atoms with Gasteiger partial charge in [0.1, 0.15) is 0 Å². The van der Waals surface area contributed by atoms with Crippen LogP contribution >= 0.6 is 0 Å². The Morgan fingerprint density at radius 3 is 2.88 bits per heavy atom. The molecule has 1 aromatic heterocycles. The van der Waals surface area contributed by atoms with E-state index in [0.29, 0.717) is 0 Å². The molecular formula is C7H13N5O3S. The second kappa shape index (κ2) is 4.94. The number of likely N-dealkylation sites (N-methyl/N-ethyl adjacent to an activating group) is 1. The fourth-order valence-electron chi connectivity index (χ4n) is 1.10. The van der Waals surface area contributed by atoms with Crippen LogP contribution < -0.4 is 5.73 Å². The van der Waals surface area contributed by atoms with Gasteiger partial charge in [-0.15, -0.1) is 0 Å². The zero-order valence-corrected chi connectivity index (χ0v) is 9.48. The van der Waals surface area contributed by atoms with Crippen molar-refractivity contribution in [1.82, 2.24) is 14.5 Å². The van der Waals surface area contributed by atoms with Gasteiger partial charge in [0, 0.05) is 6.54 Å². The van der Waals surface area contributed by atoms with Gasteiger partial charge in [-0.05, 0) is 6.07 Å². The molecule has 0 aliphatic rings. The molecule has 0 saturated heterocycles. The van der Waals surface area contributed by atoms with Crippen LogP contribution in [0.25, 0.3) is 0 Å². The summed E-state index contributed by atoms with van der Waals surface area (Å²) in [5.41, 5.74) is 5.27. The van der Waals surface area contributed by atoms with Crippen LogP contribution in [0.3, 0.4) is 0 Å². The van der Waals surface area contributed by atoms with Gasteiger partial charge in [0.15, 0.2) is 10.9 Å². The lowest BCUT2D eigenvalue weighted by Crippen LogP contribution is -2.38. The highest BCUT2D eigenvalue weighted by Gasteiger charge is 2.25. The molecule has 0 fully saturated rings. The van der Waals surface area contributed by atoms with Crippen LogP contribution in [0.2, 0.25) is 0 Å². The van der Waals surface area contributed by atoms with Gasteiger partial charge >= 0.3 is 0 Å². The summed E-state index contributed by atoms with van der Waals surface area (Å²) in [6.07, 6.45) is 1.34. The number of amidine groups is 1. The van der Waals surface area contributed by atoms with Crippen molar-refractivity contribution in [2.45, 2.75) is 11.9 Å². The molecule has 0 saturated carbocycles. The quantitative estimate of drug-likeness (QED) is 0.271. The first-order valence-corrected chi connectivity index (χ1v) is 5.92. The molecule has 0 aliphatic carbocycles. The number of hydrogen-bond donors (Lipinski definition) is 3. The third-order valence-corrected chi connectivity index (χ3v) is 3.76. The van der Waals surface area contributed by atoms with Gasteiger partial charge in [-0.1, -0.05) is 12.1 Å². The van der Waals surface area contributed by atoms with E-state index in [9.17, 15) is 8.42 Å². The number of nitrogens with zero attached hydrogens (tertiary/aromatic N) is 3. The summed E-state index contributed by atoms with van der Waals surface area (Å²) < 4.78 is 24.9. The SMILES string of the molecule is CCN(CC(N)=NO)S(=O)(=O)c1ccn[nH]1. The highest BCUT2D eigenvalue weighted by molar-refractivity contribution is 7.89. The highest BCUT2D eigenvalue weighted by atomic mass is 32.2. The Hall–Kier alpha value is -1.61. The maximum atomic E-state index is 11.9. The number of nitrogens with two attached hydrogens (primary N) is 1. The zero-order valence-electron chi connectivity index (χ0n) is 8.66. The number of sulfonamides is 1. The predicted molar refractivity (Wildman–Crippen MR) is 56.4 cm³/mol. The molecule has 0 atom stereocenters. The lowest BCUT2D eigenvalue weighted by molar-refractivity contribution is 0.315. The normalized spacial score (nSPS) is 13.2. The monoisotopic (exact) mass is 247 g/mol. The fraction of sp³-hybridized carbons (Fsp3) is 0.429. The van der Waals surface area contributed by atoms with Crippen molar-refractivity contribution in [3.05, 3.63) is 12.3 Å². The molecule has 90 valence electrons. The Morgan fingerprint density at radius 2 is 2.44 bits per heavy atom. The number of rotatable bonds is 5. The molecule has 0 aliphatic heterocycles. The smallest absolute Gasteiger partial charge is 0.260 e. The number of oxime groups is 1. The summed E-state index contributed by atoms with van der Waals surface area (Å²) in [4.78, 5) is 0. The first-order chi connectivity index (χ1) is 7.52. The Labute approximate surface area is 92.8 Å². The van der Waals surface area contributed by atoms with Crippen LogP contribution in [0.1, 0.15) is 6.92 Å². The van der Waals surface area contributed by atoms with Crippen molar-refractivity contribution in [2.75, 3.05) is 13.1 Å². The van der Waals surface area contributed by atoms with E-state index in [0.717, 1.165) is 4.31 Å². The molecule has 8 nitrogen and oxygen atoms in total. The second-order valence-electron chi connectivity index (χ2n) is 2.94. The van der Waals surface area contributed by atoms with Gasteiger partial charge in [0.05, 0.1) is 12.7 Å². The average molecular weight is 247 g/mol. The minimum absolute atomic E-state index is 0.0277. The maximum Gasteiger partial charge on any atom is 0.260 e. The Morgan fingerprint density at radius 1 is 1.75 bits per heavy atom. The van der Waals surface area contributed by atoms with E-state index in [-0.39, 0.29) is 24.0 Å². The summed E-state index contributed by atoms with van der Waals surface area (Å²) in [6, 6.07) is 1.34. The van der Waals surface area contributed by atoms with Crippen LogP contribution in [0.4, 0.5) is 0 Å². The van der Waals surface area contributed by atoms with Crippen molar-refractivity contribution >= 4 is 15.9 Å². The van der Waals surface area contributed by atoms with E-state index in [2.05, 4.69) is 15.4 Å². The lowest BCUT2D eigenvalue weighted by Gasteiger charge is -2.18. The van der Waals surface area contributed by atoms with Crippen LogP contribution in [-0.4, -0.2) is 47.1 Å². The molecule has 0 amide bonds. The van der Waals surface area contributed by atoms with E-state index in [1.54, 1.807) is 6.92 Å². The minimum Gasteiger partial charge on any atom is -0.409 e. The molecule has 0 aromatic carbocycles. The summed E-state index contributed by atoms with van der Waals surface area (Å²) in [7, 11) is -3.67. The maximum absolute atomic E-state index is 11.9. The molecule has 1 heterocycles. The Bertz CT molecular complexity index is 452. The molecular weight excluding hydrogens is 234 g/mol. The van der Waals surface area contributed by atoms with Crippen LogP contribution in [0, 0.1) is 0 Å². The first-order valence-electron chi connectivity index (χ1n) is 4.48. The number of H-pyrrole nitrogens is 1. The van der Waals surface area contributed by atoms with E-state index in [1.165, 1.54) is 12.3 Å². The molecule has 0 bridgehead atoms. The number of nitrogens with one attached hydrogen (secondary N) is 1. The number of aromatic amines is 1. The largest absolute Gasteiger partial charge is 0.409 e. The molecule has 4 N–H and O–H groups in total. The zero-order chi connectivity index (χ0) is 12.2. The van der Waals surface area contributed by atoms with Gasteiger partial charge in [-0.3, -0.25) is 5.10 Å². The Kier molecular flexibility index (Phi) is 3.85. The Balaban J connectivity index is 2.97. The molecule has 0 unspecified atom stereocenters. The fourth-order valence-corrected chi connectivity index (χ4v) is 2.43. The van der Waals surface area contributed by atoms with E-state index in [1.807, 2.05) is 0 Å². The van der Waals surface area contributed by atoms with E-state index >= 15 is 0 Å². The van der Waals surface area contributed by atoms with E-state index < -0.39 is 10.0 Å². The molecule has 1 rings (SSSR count). The van der Waals surface area contributed by atoms with Crippen LogP contribution in [0.5, 0.6) is 0 Å². The molecule has 16 heavy (non-hydrogen) atoms. The third-order valence-electron chi connectivity index (χ3n) is 1.91. The molecule has 0 radical (unpaired) electrons. The van der Waals surface area contributed by atoms with E-state index in [4.69, 9.17) is 10.9 Å². The van der Waals surface area contributed by atoms with Crippen molar-refractivity contribution in [2.24, 2.45) is 10.9 Å². The molecule has 1 aromatic rings. The summed E-state index contributed by atoms with van der Waals surface area (Å²) >= 11 is 0. The van der Waals surface area contributed by atoms with Crippen molar-refractivity contribution in [3.8, 4) is 0 Å². The van der Waals surface area contributed by atoms with Gasteiger partial charge in [0.2, 0.25) is 0 Å². The highest BCUT2D eigenvalue weighted by Crippen LogP contribution is 2.11. The van der Waals surface area contributed by atoms with Crippen molar-refractivity contribution in [3.63, 3.8) is 0 Å². The summed E-state index contributed by atoms with van der Waals surface area (Å²) in [6.45, 7) is 1.69. The topological polar surface area (TPSA) is 125 Å². The van der Waals surface area contributed by atoms with Gasteiger partial charge in [-0.25, -0.2) is 8.42 Å². The van der Waals surface area contributed by atoms with Crippen LogP contribution in [-0.2, 0) is 10.0 Å². The molecule has 0 spiro atoms. The van der Waals surface area contributed by atoms with Crippen molar-refractivity contribution < 1.29 is 13.6 Å². The molecule has 9 heteroatoms. The van der Waals surface area contributed by atoms with Crippen molar-refractivity contribution in [1.29, 1.82) is 0 Å². The number of aromatic nitrogens is 2. The predicted octanol–water partition coefficient (Wildman–Crippen LogP) is -0.833. The summed E-state index contributed by atoms with van der Waals surface area (Å²) in [5.74, 6) is -0.176. The van der Waals surface area contributed by atoms with Gasteiger partial charge in [-0.2, -0.15) is 9.40 Å². The minimum atomic E-state index is -3.67. The number of hydrogen-bond acceptors (Lipinski definition) is 5. The lowest BCUT2D eigenvalue weighted by atomic mass is 10.6. The average Bonchev–Trinajstić information content (AvgIpc) is 2.78. The second-order valence-corrected chi connectivity index (χ2v) is 4.85.